The summed E-state index contributed by atoms with van der Waals surface area (Å²) in [5.41, 5.74) is 7.13. The highest BCUT2D eigenvalue weighted by Crippen LogP contribution is 2.31. The summed E-state index contributed by atoms with van der Waals surface area (Å²) in [4.78, 5) is 29.3. The van der Waals surface area contributed by atoms with Crippen molar-refractivity contribution in [3.63, 3.8) is 0 Å². The normalized spacial score (nSPS) is 13.2. The molecule has 7 heteroatoms. The molecule has 0 spiro atoms. The number of hydrogen-bond donors (Lipinski definition) is 2. The lowest BCUT2D eigenvalue weighted by molar-refractivity contribution is 0.0912. The maximum atomic E-state index is 13.3. The number of carbonyl (C=O) groups excluding carboxylic acids is 2. The van der Waals surface area contributed by atoms with Crippen molar-refractivity contribution in [2.45, 2.75) is 32.6 Å². The lowest BCUT2D eigenvalue weighted by atomic mass is 9.78. The highest BCUT2D eigenvalue weighted by molar-refractivity contribution is 5.98. The summed E-state index contributed by atoms with van der Waals surface area (Å²) >= 11 is 0. The largest absolute Gasteiger partial charge is 0.490 e. The molecule has 2 aromatic heterocycles. The molecule has 3 aromatic rings. The lowest BCUT2D eigenvalue weighted by Gasteiger charge is -2.27. The van der Waals surface area contributed by atoms with Crippen molar-refractivity contribution in [1.82, 2.24) is 9.38 Å². The Bertz CT molecular complexity index is 1070. The summed E-state index contributed by atoms with van der Waals surface area (Å²) in [5.74, 6) is -0.111. The van der Waals surface area contributed by atoms with Gasteiger partial charge in [-0.3, -0.25) is 14.0 Å². The van der Waals surface area contributed by atoms with E-state index >= 15 is 0 Å². The van der Waals surface area contributed by atoms with Gasteiger partial charge in [0.25, 0.3) is 0 Å². The van der Waals surface area contributed by atoms with E-state index in [0.717, 1.165) is 0 Å². The molecule has 0 aliphatic carbocycles. The van der Waals surface area contributed by atoms with E-state index in [1.54, 1.807) is 54.8 Å². The Labute approximate surface area is 169 Å². The third kappa shape index (κ3) is 3.86. The van der Waals surface area contributed by atoms with Crippen LogP contribution >= 0.6 is 0 Å². The first kappa shape index (κ1) is 20.5. The number of Topliss-reactive ketones (excluding diaryl/α,β-unsaturated/α-hetero) is 1. The molecule has 1 aromatic carbocycles. The summed E-state index contributed by atoms with van der Waals surface area (Å²) in [5, 5.41) is 10.1. The van der Waals surface area contributed by atoms with Crippen molar-refractivity contribution < 1.29 is 19.4 Å². The van der Waals surface area contributed by atoms with Gasteiger partial charge in [-0.25, -0.2) is 4.98 Å². The zero-order chi connectivity index (χ0) is 21.2. The number of rotatable bonds is 8. The number of amides is 1. The first-order valence-electron chi connectivity index (χ1n) is 9.45. The Morgan fingerprint density at radius 3 is 2.69 bits per heavy atom. The molecule has 0 fully saturated rings. The molecule has 0 radical (unpaired) electrons. The molecule has 0 saturated heterocycles. The van der Waals surface area contributed by atoms with E-state index < -0.39 is 11.3 Å². The highest BCUT2D eigenvalue weighted by atomic mass is 16.5. The van der Waals surface area contributed by atoms with Gasteiger partial charge < -0.3 is 15.6 Å². The second-order valence-electron chi connectivity index (χ2n) is 7.31. The van der Waals surface area contributed by atoms with Crippen molar-refractivity contribution in [3.05, 3.63) is 65.1 Å². The van der Waals surface area contributed by atoms with Gasteiger partial charge in [0.05, 0.1) is 18.9 Å². The van der Waals surface area contributed by atoms with Crippen LogP contribution in [0.3, 0.4) is 0 Å². The van der Waals surface area contributed by atoms with Gasteiger partial charge in [0.1, 0.15) is 5.69 Å². The second-order valence-corrected chi connectivity index (χ2v) is 7.31. The van der Waals surface area contributed by atoms with Gasteiger partial charge >= 0.3 is 0 Å². The number of ether oxygens (including phenoxy) is 1. The van der Waals surface area contributed by atoms with Crippen molar-refractivity contribution >= 4 is 17.3 Å². The first-order valence-corrected chi connectivity index (χ1v) is 9.45. The number of nitrogens with two attached hydrogens (primary N) is 1. The van der Waals surface area contributed by atoms with Crippen LogP contribution in [0.25, 0.3) is 5.65 Å². The van der Waals surface area contributed by atoms with E-state index in [2.05, 4.69) is 4.98 Å². The van der Waals surface area contributed by atoms with Gasteiger partial charge in [0.2, 0.25) is 5.91 Å². The number of aryl methyl sites for hydroxylation is 1. The Morgan fingerprint density at radius 1 is 1.28 bits per heavy atom. The highest BCUT2D eigenvalue weighted by Gasteiger charge is 2.32. The van der Waals surface area contributed by atoms with Crippen LogP contribution in [0.5, 0.6) is 5.75 Å². The SMILES string of the molecule is CCOc1cccn2c(C(=O)C[C@@](C)(CO)c3cccc(C(N)=O)c3)c(C)nc12. The number of fused-ring (bicyclic) bond motifs is 1. The first-order chi connectivity index (χ1) is 13.8. The van der Waals surface area contributed by atoms with Crippen LogP contribution in [-0.2, 0) is 5.41 Å². The van der Waals surface area contributed by atoms with Gasteiger partial charge in [0.15, 0.2) is 17.2 Å². The average Bonchev–Trinajstić information content (AvgIpc) is 3.05. The minimum absolute atomic E-state index is 0.0409. The van der Waals surface area contributed by atoms with Gasteiger partial charge in [0, 0.05) is 23.6 Å². The number of pyridine rings is 1. The van der Waals surface area contributed by atoms with Crippen molar-refractivity contribution in [2.75, 3.05) is 13.2 Å². The summed E-state index contributed by atoms with van der Waals surface area (Å²) in [7, 11) is 0. The van der Waals surface area contributed by atoms with Crippen LogP contribution < -0.4 is 10.5 Å². The Balaban J connectivity index is 2.00. The van der Waals surface area contributed by atoms with Gasteiger partial charge in [-0.1, -0.05) is 19.1 Å². The second kappa shape index (κ2) is 8.05. The predicted octanol–water partition coefficient (Wildman–Crippen LogP) is 2.66. The number of hydrogen-bond acceptors (Lipinski definition) is 5. The number of ketones is 1. The Morgan fingerprint density at radius 2 is 2.03 bits per heavy atom. The third-order valence-electron chi connectivity index (χ3n) is 5.10. The zero-order valence-corrected chi connectivity index (χ0v) is 16.8. The molecule has 3 rings (SSSR count). The molecule has 1 atom stereocenters. The number of benzene rings is 1. The Hall–Kier alpha value is -3.19. The molecule has 0 bridgehead atoms. The van der Waals surface area contributed by atoms with Crippen LogP contribution in [-0.4, -0.2) is 39.4 Å². The number of aromatic nitrogens is 2. The van der Waals surface area contributed by atoms with E-state index in [0.29, 0.717) is 40.5 Å². The van der Waals surface area contributed by atoms with E-state index in [9.17, 15) is 14.7 Å². The van der Waals surface area contributed by atoms with Crippen molar-refractivity contribution in [2.24, 2.45) is 5.73 Å². The zero-order valence-electron chi connectivity index (χ0n) is 16.8. The van der Waals surface area contributed by atoms with Crippen molar-refractivity contribution in [1.29, 1.82) is 0 Å². The Kier molecular flexibility index (Phi) is 5.70. The van der Waals surface area contributed by atoms with Crippen molar-refractivity contribution in [3.8, 4) is 5.75 Å². The van der Waals surface area contributed by atoms with E-state index in [1.165, 1.54) is 0 Å². The van der Waals surface area contributed by atoms with Gasteiger partial charge in [-0.15, -0.1) is 0 Å². The van der Waals surface area contributed by atoms with E-state index in [1.807, 2.05) is 13.0 Å². The summed E-state index contributed by atoms with van der Waals surface area (Å²) < 4.78 is 7.34. The van der Waals surface area contributed by atoms with Crippen LogP contribution in [0.4, 0.5) is 0 Å². The van der Waals surface area contributed by atoms with Gasteiger partial charge in [-0.2, -0.15) is 0 Å². The number of primary amides is 1. The molecule has 0 aliphatic rings. The number of nitrogens with zero attached hydrogens (tertiary/aromatic N) is 2. The number of aliphatic hydroxyl groups excluding tert-OH is 1. The molecule has 0 saturated carbocycles. The minimum atomic E-state index is -0.878. The summed E-state index contributed by atoms with van der Waals surface area (Å²) in [6, 6.07) is 10.3. The molecule has 152 valence electrons. The minimum Gasteiger partial charge on any atom is -0.490 e. The topological polar surface area (TPSA) is 107 Å². The van der Waals surface area contributed by atoms with Crippen LogP contribution in [0.2, 0.25) is 0 Å². The summed E-state index contributed by atoms with van der Waals surface area (Å²) in [6.07, 6.45) is 1.81. The summed E-state index contributed by atoms with van der Waals surface area (Å²) in [6.45, 7) is 5.68. The standard InChI is InChI=1S/C22H25N3O4/c1-4-29-18-9-6-10-25-19(14(2)24-21(18)25)17(27)12-22(3,13-26)16-8-5-7-15(11-16)20(23)28/h5-11,26H,4,12-13H2,1-3H3,(H2,23,28)/t22-/m0/s1. The molecule has 29 heavy (non-hydrogen) atoms. The average molecular weight is 395 g/mol. The van der Waals surface area contributed by atoms with E-state index in [-0.39, 0.29) is 18.8 Å². The fourth-order valence-corrected chi connectivity index (χ4v) is 3.50. The predicted molar refractivity (Wildman–Crippen MR) is 109 cm³/mol. The number of carbonyl (C=O) groups is 2. The van der Waals surface area contributed by atoms with Crippen LogP contribution in [0, 0.1) is 6.92 Å². The molecule has 0 aliphatic heterocycles. The maximum absolute atomic E-state index is 13.3. The van der Waals surface area contributed by atoms with Crippen LogP contribution in [0.15, 0.2) is 42.6 Å². The molecule has 7 nitrogen and oxygen atoms in total. The number of aliphatic hydroxyl groups is 1. The quantitative estimate of drug-likeness (QED) is 0.570. The molecule has 0 unspecified atom stereocenters. The molecular weight excluding hydrogens is 370 g/mol. The number of imidazole rings is 1. The molecule has 2 heterocycles. The maximum Gasteiger partial charge on any atom is 0.248 e. The molecule has 3 N–H and O–H groups in total. The molecule has 1 amide bonds. The smallest absolute Gasteiger partial charge is 0.248 e. The fraction of sp³-hybridized carbons (Fsp3) is 0.318. The monoisotopic (exact) mass is 395 g/mol. The van der Waals surface area contributed by atoms with Crippen LogP contribution in [0.1, 0.15) is 52.4 Å². The third-order valence-corrected chi connectivity index (χ3v) is 5.10. The van der Waals surface area contributed by atoms with E-state index in [4.69, 9.17) is 10.5 Å². The fourth-order valence-electron chi connectivity index (χ4n) is 3.50. The van der Waals surface area contributed by atoms with Gasteiger partial charge in [-0.05, 0) is 43.7 Å². The molecular formula is C22H25N3O4. The lowest BCUT2D eigenvalue weighted by Crippen LogP contribution is -2.31.